The number of rotatable bonds is 19. The molecule has 0 fully saturated rings. The first kappa shape index (κ1) is 26.4. The van der Waals surface area contributed by atoms with Gasteiger partial charge in [-0.3, -0.25) is 0 Å². The zero-order valence-corrected chi connectivity index (χ0v) is 18.2. The summed E-state index contributed by atoms with van der Waals surface area (Å²) in [5.41, 5.74) is 0.922. The van der Waals surface area contributed by atoms with Gasteiger partial charge in [0, 0.05) is 11.1 Å². The van der Waals surface area contributed by atoms with Crippen molar-refractivity contribution in [1.29, 1.82) is 0 Å². The molecule has 0 aromatic rings. The highest BCUT2D eigenvalue weighted by molar-refractivity contribution is 5.86. The number of aliphatic carboxylic acids is 2. The molecule has 0 atom stereocenters. The molecule has 0 bridgehead atoms. The number of hydrogen-bond acceptors (Lipinski definition) is 2. The summed E-state index contributed by atoms with van der Waals surface area (Å²) in [6, 6.07) is 0. The fraction of sp³-hybridized carbons (Fsp3) is 0.750. The zero-order chi connectivity index (χ0) is 21.0. The summed E-state index contributed by atoms with van der Waals surface area (Å²) < 4.78 is 0. The normalized spacial score (nSPS) is 12.4. The molecule has 0 saturated heterocycles. The van der Waals surface area contributed by atoms with E-state index in [1.807, 2.05) is 12.2 Å². The minimum Gasteiger partial charge on any atom is -0.478 e. The summed E-state index contributed by atoms with van der Waals surface area (Å²) in [6.45, 7) is 3.32. The second kappa shape index (κ2) is 18.8. The van der Waals surface area contributed by atoms with Crippen LogP contribution in [-0.2, 0) is 9.59 Å². The lowest BCUT2D eigenvalue weighted by molar-refractivity contribution is -0.133. The smallest absolute Gasteiger partial charge is 0.330 e. The monoisotopic (exact) mass is 394 g/mol. The fourth-order valence-electron chi connectivity index (χ4n) is 3.22. The Kier molecular flexibility index (Phi) is 17.7. The standard InChI is InChI=1S/C24H42O4/c1-21(23(25)26)19-17-15-13-11-9-7-5-3-4-6-8-10-12-14-16-18-20-22(2)24(27)28/h19-20H,3-18H2,1-2H3,(H,25,26)(H,27,28). The Hall–Kier alpha value is -1.58. The highest BCUT2D eigenvalue weighted by Crippen LogP contribution is 2.14. The summed E-state index contributed by atoms with van der Waals surface area (Å²) >= 11 is 0. The Balaban J connectivity index is 3.22. The van der Waals surface area contributed by atoms with Gasteiger partial charge >= 0.3 is 11.9 Å². The van der Waals surface area contributed by atoms with Crippen LogP contribution in [0.3, 0.4) is 0 Å². The van der Waals surface area contributed by atoms with Crippen LogP contribution in [0.5, 0.6) is 0 Å². The third-order valence-electron chi connectivity index (χ3n) is 5.23. The summed E-state index contributed by atoms with van der Waals surface area (Å²) in [5, 5.41) is 17.5. The fourth-order valence-corrected chi connectivity index (χ4v) is 3.22. The first-order chi connectivity index (χ1) is 13.4. The van der Waals surface area contributed by atoms with Crippen LogP contribution in [0.2, 0.25) is 0 Å². The highest BCUT2D eigenvalue weighted by Gasteiger charge is 1.99. The third-order valence-corrected chi connectivity index (χ3v) is 5.23. The minimum absolute atomic E-state index is 0.461. The molecule has 28 heavy (non-hydrogen) atoms. The topological polar surface area (TPSA) is 74.6 Å². The van der Waals surface area contributed by atoms with Gasteiger partial charge in [-0.1, -0.05) is 89.2 Å². The molecular weight excluding hydrogens is 352 g/mol. The molecule has 0 amide bonds. The minimum atomic E-state index is -0.805. The van der Waals surface area contributed by atoms with Gasteiger partial charge in [0.1, 0.15) is 0 Å². The van der Waals surface area contributed by atoms with Crippen LogP contribution in [0.4, 0.5) is 0 Å². The van der Waals surface area contributed by atoms with E-state index in [0.717, 1.165) is 25.7 Å². The lowest BCUT2D eigenvalue weighted by Crippen LogP contribution is -1.95. The lowest BCUT2D eigenvalue weighted by atomic mass is 10.0. The molecule has 0 radical (unpaired) electrons. The van der Waals surface area contributed by atoms with Crippen LogP contribution >= 0.6 is 0 Å². The Labute approximate surface area is 172 Å². The van der Waals surface area contributed by atoms with Crippen LogP contribution in [-0.4, -0.2) is 22.2 Å². The van der Waals surface area contributed by atoms with Gasteiger partial charge in [0.15, 0.2) is 0 Å². The molecule has 0 saturated carbocycles. The van der Waals surface area contributed by atoms with Gasteiger partial charge in [-0.2, -0.15) is 0 Å². The van der Waals surface area contributed by atoms with Crippen molar-refractivity contribution in [2.24, 2.45) is 0 Å². The first-order valence-corrected chi connectivity index (χ1v) is 11.2. The molecule has 4 heteroatoms. The van der Waals surface area contributed by atoms with E-state index >= 15 is 0 Å². The van der Waals surface area contributed by atoms with Gasteiger partial charge in [-0.25, -0.2) is 9.59 Å². The molecule has 0 rings (SSSR count). The van der Waals surface area contributed by atoms with E-state index in [1.165, 1.54) is 77.0 Å². The molecule has 0 aromatic carbocycles. The van der Waals surface area contributed by atoms with E-state index in [4.69, 9.17) is 10.2 Å². The van der Waals surface area contributed by atoms with Gasteiger partial charge in [0.05, 0.1) is 0 Å². The van der Waals surface area contributed by atoms with Gasteiger partial charge in [-0.15, -0.1) is 0 Å². The Morgan fingerprint density at radius 3 is 0.929 bits per heavy atom. The Morgan fingerprint density at radius 1 is 0.500 bits per heavy atom. The van der Waals surface area contributed by atoms with Crippen molar-refractivity contribution in [1.82, 2.24) is 0 Å². The summed E-state index contributed by atoms with van der Waals surface area (Å²) in [4.78, 5) is 21.3. The van der Waals surface area contributed by atoms with Crippen LogP contribution in [0.1, 0.15) is 117 Å². The van der Waals surface area contributed by atoms with Crippen molar-refractivity contribution in [2.75, 3.05) is 0 Å². The maximum absolute atomic E-state index is 10.7. The number of carbonyl (C=O) groups is 2. The lowest BCUT2D eigenvalue weighted by Gasteiger charge is -2.03. The molecule has 0 aliphatic rings. The molecular formula is C24H42O4. The summed E-state index contributed by atoms with van der Waals surface area (Å²) in [5.74, 6) is -1.61. The van der Waals surface area contributed by atoms with Crippen LogP contribution < -0.4 is 0 Å². The molecule has 0 aliphatic carbocycles. The number of carboxylic acid groups (broad SMARTS) is 2. The van der Waals surface area contributed by atoms with Crippen molar-refractivity contribution in [3.05, 3.63) is 23.3 Å². The third kappa shape index (κ3) is 17.8. The molecule has 0 spiro atoms. The maximum atomic E-state index is 10.7. The number of hydrogen-bond donors (Lipinski definition) is 2. The summed E-state index contributed by atoms with van der Waals surface area (Å²) in [7, 11) is 0. The van der Waals surface area contributed by atoms with E-state index < -0.39 is 11.9 Å². The Morgan fingerprint density at radius 2 is 0.714 bits per heavy atom. The SMILES string of the molecule is CC(=CCCCCCCCCCCCCCCCCC=C(C)C(=O)O)C(=O)O. The predicted molar refractivity (Wildman–Crippen MR) is 117 cm³/mol. The summed E-state index contributed by atoms with van der Waals surface area (Å²) in [6.07, 6.45) is 23.2. The highest BCUT2D eigenvalue weighted by atomic mass is 16.4. The van der Waals surface area contributed by atoms with Gasteiger partial charge in [0.25, 0.3) is 0 Å². The quantitative estimate of drug-likeness (QED) is 0.178. The van der Waals surface area contributed by atoms with E-state index in [1.54, 1.807) is 13.8 Å². The second-order valence-electron chi connectivity index (χ2n) is 7.91. The average molecular weight is 395 g/mol. The van der Waals surface area contributed by atoms with E-state index in [-0.39, 0.29) is 0 Å². The van der Waals surface area contributed by atoms with Crippen molar-refractivity contribution < 1.29 is 19.8 Å². The predicted octanol–water partition coefficient (Wildman–Crippen LogP) is 7.29. The van der Waals surface area contributed by atoms with Crippen molar-refractivity contribution in [2.45, 2.75) is 117 Å². The molecule has 162 valence electrons. The van der Waals surface area contributed by atoms with Crippen molar-refractivity contribution in [3.8, 4) is 0 Å². The zero-order valence-electron chi connectivity index (χ0n) is 18.2. The molecule has 2 N–H and O–H groups in total. The first-order valence-electron chi connectivity index (χ1n) is 11.2. The largest absolute Gasteiger partial charge is 0.478 e. The molecule has 0 aromatic heterocycles. The number of carboxylic acids is 2. The maximum Gasteiger partial charge on any atom is 0.330 e. The van der Waals surface area contributed by atoms with Crippen LogP contribution in [0, 0.1) is 0 Å². The van der Waals surface area contributed by atoms with Crippen molar-refractivity contribution >= 4 is 11.9 Å². The van der Waals surface area contributed by atoms with Gasteiger partial charge in [-0.05, 0) is 39.5 Å². The molecule has 4 nitrogen and oxygen atoms in total. The van der Waals surface area contributed by atoms with E-state index in [0.29, 0.717) is 11.1 Å². The Bertz CT molecular complexity index is 433. The average Bonchev–Trinajstić information content (AvgIpc) is 2.66. The van der Waals surface area contributed by atoms with E-state index in [2.05, 4.69) is 0 Å². The molecule has 0 aliphatic heterocycles. The van der Waals surface area contributed by atoms with Gasteiger partial charge in [0.2, 0.25) is 0 Å². The second-order valence-corrected chi connectivity index (χ2v) is 7.91. The molecule has 0 unspecified atom stereocenters. The number of allylic oxidation sites excluding steroid dienone is 2. The van der Waals surface area contributed by atoms with E-state index in [9.17, 15) is 9.59 Å². The van der Waals surface area contributed by atoms with Crippen LogP contribution in [0.15, 0.2) is 23.3 Å². The van der Waals surface area contributed by atoms with Crippen LogP contribution in [0.25, 0.3) is 0 Å². The van der Waals surface area contributed by atoms with Crippen molar-refractivity contribution in [3.63, 3.8) is 0 Å². The number of unbranched alkanes of at least 4 members (excludes halogenated alkanes) is 15. The van der Waals surface area contributed by atoms with Gasteiger partial charge < -0.3 is 10.2 Å². The molecule has 0 heterocycles.